The van der Waals surface area contributed by atoms with Gasteiger partial charge in [-0.05, 0) is 51.5 Å². The number of para-hydroxylation sites is 1. The van der Waals surface area contributed by atoms with E-state index in [2.05, 4.69) is 45.1 Å². The normalized spacial score (nSPS) is 18.8. The van der Waals surface area contributed by atoms with Gasteiger partial charge in [0.25, 0.3) is 5.91 Å². The van der Waals surface area contributed by atoms with Gasteiger partial charge in [-0.1, -0.05) is 50.5 Å². The molecular formula is C24H32N2O2. The molecule has 1 amide bonds. The maximum atomic E-state index is 13.3. The van der Waals surface area contributed by atoms with Crippen LogP contribution < -0.4 is 10.1 Å². The first-order valence-electron chi connectivity index (χ1n) is 10.4. The molecule has 0 spiro atoms. The van der Waals surface area contributed by atoms with E-state index in [4.69, 9.17) is 4.74 Å². The Morgan fingerprint density at radius 1 is 1.07 bits per heavy atom. The van der Waals surface area contributed by atoms with Crippen molar-refractivity contribution in [2.75, 3.05) is 11.9 Å². The third-order valence-electron chi connectivity index (χ3n) is 5.42. The molecule has 4 heteroatoms. The summed E-state index contributed by atoms with van der Waals surface area (Å²) in [7, 11) is 0. The molecule has 3 rings (SSSR count). The minimum Gasteiger partial charge on any atom is -0.494 e. The number of carbonyl (C=O) groups is 1. The number of anilines is 1. The predicted molar refractivity (Wildman–Crippen MR) is 115 cm³/mol. The fourth-order valence-corrected chi connectivity index (χ4v) is 4.00. The number of carbonyl (C=O) groups excluding carboxylic acids is 1. The molecule has 0 saturated carbocycles. The molecule has 1 atom stereocenters. The second-order valence-corrected chi connectivity index (χ2v) is 7.95. The molecule has 1 unspecified atom stereocenters. The molecule has 1 N–H and O–H groups in total. The highest BCUT2D eigenvalue weighted by Gasteiger charge is 2.43. The predicted octanol–water partition coefficient (Wildman–Crippen LogP) is 5.79. The summed E-state index contributed by atoms with van der Waals surface area (Å²) in [5.41, 5.74) is 1.98. The molecule has 150 valence electrons. The summed E-state index contributed by atoms with van der Waals surface area (Å²) in [6, 6.07) is 15.9. The largest absolute Gasteiger partial charge is 0.494 e. The minimum atomic E-state index is -0.638. The van der Waals surface area contributed by atoms with Crippen molar-refractivity contribution in [1.82, 2.24) is 4.90 Å². The van der Waals surface area contributed by atoms with Gasteiger partial charge in [0, 0.05) is 17.3 Å². The summed E-state index contributed by atoms with van der Waals surface area (Å²) < 4.78 is 5.99. The van der Waals surface area contributed by atoms with E-state index >= 15 is 0 Å². The van der Waals surface area contributed by atoms with Gasteiger partial charge in [0.15, 0.2) is 0 Å². The second-order valence-electron chi connectivity index (χ2n) is 7.95. The molecule has 4 nitrogen and oxygen atoms in total. The Labute approximate surface area is 168 Å². The highest BCUT2D eigenvalue weighted by Crippen LogP contribution is 2.39. The average Bonchev–Trinajstić information content (AvgIpc) is 2.68. The molecule has 0 aliphatic carbocycles. The Morgan fingerprint density at radius 2 is 1.86 bits per heavy atom. The van der Waals surface area contributed by atoms with Crippen molar-refractivity contribution in [2.45, 2.75) is 65.1 Å². The fourth-order valence-electron chi connectivity index (χ4n) is 4.00. The minimum absolute atomic E-state index is 0.0528. The lowest BCUT2D eigenvalue weighted by Crippen LogP contribution is -2.58. The Morgan fingerprint density at radius 3 is 2.61 bits per heavy atom. The molecule has 1 aliphatic rings. The Balaban J connectivity index is 1.88. The molecule has 0 bridgehead atoms. The summed E-state index contributed by atoms with van der Waals surface area (Å²) in [4.78, 5) is 15.2. The summed E-state index contributed by atoms with van der Waals surface area (Å²) in [5, 5.41) is 3.61. The van der Waals surface area contributed by atoms with Gasteiger partial charge in [-0.25, -0.2) is 0 Å². The molecule has 1 heterocycles. The van der Waals surface area contributed by atoms with Crippen LogP contribution in [0.3, 0.4) is 0 Å². The number of nitrogens with one attached hydrogen (secondary N) is 1. The van der Waals surface area contributed by atoms with Gasteiger partial charge in [0.1, 0.15) is 11.4 Å². The molecule has 0 fully saturated rings. The highest BCUT2D eigenvalue weighted by atomic mass is 16.5. The van der Waals surface area contributed by atoms with Crippen LogP contribution in [0.4, 0.5) is 5.69 Å². The number of rotatable bonds is 8. The monoisotopic (exact) mass is 380 g/mol. The van der Waals surface area contributed by atoms with E-state index in [0.717, 1.165) is 35.6 Å². The average molecular weight is 381 g/mol. The van der Waals surface area contributed by atoms with Crippen molar-refractivity contribution in [1.29, 1.82) is 0 Å². The lowest BCUT2D eigenvalue weighted by Gasteiger charge is -2.48. The van der Waals surface area contributed by atoms with E-state index in [9.17, 15) is 4.79 Å². The third-order valence-corrected chi connectivity index (χ3v) is 5.42. The molecule has 28 heavy (non-hydrogen) atoms. The number of hydrogen-bond acceptors (Lipinski definition) is 3. The molecule has 0 aromatic heterocycles. The molecule has 0 saturated heterocycles. The molecular weight excluding hydrogens is 348 g/mol. The van der Waals surface area contributed by atoms with Gasteiger partial charge in [-0.2, -0.15) is 0 Å². The Hall–Kier alpha value is -2.49. The van der Waals surface area contributed by atoms with Crippen molar-refractivity contribution in [2.24, 2.45) is 0 Å². The van der Waals surface area contributed by atoms with E-state index in [1.807, 2.05) is 41.3 Å². The third kappa shape index (κ3) is 4.01. The van der Waals surface area contributed by atoms with Crippen LogP contribution in [0.2, 0.25) is 0 Å². The Kier molecular flexibility index (Phi) is 6.28. The van der Waals surface area contributed by atoms with Crippen LogP contribution in [0, 0.1) is 0 Å². The lowest BCUT2D eigenvalue weighted by atomic mass is 9.92. The summed E-state index contributed by atoms with van der Waals surface area (Å²) >= 11 is 0. The number of amides is 1. The van der Waals surface area contributed by atoms with Gasteiger partial charge in [0.05, 0.1) is 12.2 Å². The summed E-state index contributed by atoms with van der Waals surface area (Å²) in [5.74, 6) is 0.907. The fraction of sp³-hybridized carbons (Fsp3) is 0.458. The van der Waals surface area contributed by atoms with Crippen LogP contribution in [-0.4, -0.2) is 23.5 Å². The van der Waals surface area contributed by atoms with Gasteiger partial charge in [0.2, 0.25) is 0 Å². The Bertz CT molecular complexity index is 818. The van der Waals surface area contributed by atoms with E-state index in [1.165, 1.54) is 19.3 Å². The number of fused-ring (bicyclic) bond motifs is 1. The molecule has 1 aliphatic heterocycles. The topological polar surface area (TPSA) is 41.6 Å². The first kappa shape index (κ1) is 20.2. The van der Waals surface area contributed by atoms with Crippen LogP contribution in [0.25, 0.3) is 0 Å². The summed E-state index contributed by atoms with van der Waals surface area (Å²) in [6.45, 7) is 9.12. The zero-order chi connectivity index (χ0) is 20.1. The SMILES string of the molecule is CCCCCCOc1cccc(C2(C)Nc3ccccc3C(=O)N2C(C)C)c1. The van der Waals surface area contributed by atoms with E-state index in [0.29, 0.717) is 0 Å². The number of hydrogen-bond donors (Lipinski definition) is 1. The zero-order valence-electron chi connectivity index (χ0n) is 17.5. The first-order chi connectivity index (χ1) is 13.5. The van der Waals surface area contributed by atoms with Crippen molar-refractivity contribution in [3.8, 4) is 5.75 Å². The summed E-state index contributed by atoms with van der Waals surface area (Å²) in [6.07, 6.45) is 4.73. The number of nitrogens with zero attached hydrogens (tertiary/aromatic N) is 1. The van der Waals surface area contributed by atoms with Crippen molar-refractivity contribution in [3.63, 3.8) is 0 Å². The van der Waals surface area contributed by atoms with Crippen LogP contribution in [0.1, 0.15) is 69.3 Å². The van der Waals surface area contributed by atoms with E-state index < -0.39 is 5.66 Å². The van der Waals surface area contributed by atoms with E-state index in [-0.39, 0.29) is 11.9 Å². The standard InChI is InChI=1S/C24H32N2O2/c1-5-6-7-10-16-28-20-13-11-12-19(17-20)24(4)25-22-15-9-8-14-21(22)23(27)26(24)18(2)3/h8-9,11-15,17-18,25H,5-7,10,16H2,1-4H3. The van der Waals surface area contributed by atoms with Gasteiger partial charge in [-0.3, -0.25) is 4.79 Å². The number of ether oxygens (including phenoxy) is 1. The maximum Gasteiger partial charge on any atom is 0.258 e. The van der Waals surface area contributed by atoms with Crippen LogP contribution in [0.5, 0.6) is 5.75 Å². The smallest absolute Gasteiger partial charge is 0.258 e. The number of benzene rings is 2. The van der Waals surface area contributed by atoms with Gasteiger partial charge in [-0.15, -0.1) is 0 Å². The van der Waals surface area contributed by atoms with Crippen LogP contribution in [0.15, 0.2) is 48.5 Å². The van der Waals surface area contributed by atoms with E-state index in [1.54, 1.807) is 0 Å². The van der Waals surface area contributed by atoms with Gasteiger partial charge >= 0.3 is 0 Å². The van der Waals surface area contributed by atoms with Gasteiger partial charge < -0.3 is 15.0 Å². The molecule has 2 aromatic rings. The van der Waals surface area contributed by atoms with Crippen molar-refractivity contribution < 1.29 is 9.53 Å². The maximum absolute atomic E-state index is 13.3. The molecule has 2 aromatic carbocycles. The highest BCUT2D eigenvalue weighted by molar-refractivity contribution is 6.02. The number of unbranched alkanes of at least 4 members (excludes halogenated alkanes) is 3. The second kappa shape index (κ2) is 8.68. The van der Waals surface area contributed by atoms with Crippen molar-refractivity contribution >= 4 is 11.6 Å². The quantitative estimate of drug-likeness (QED) is 0.589. The van der Waals surface area contributed by atoms with Crippen molar-refractivity contribution in [3.05, 3.63) is 59.7 Å². The van der Waals surface area contributed by atoms with Crippen LogP contribution in [-0.2, 0) is 5.66 Å². The lowest BCUT2D eigenvalue weighted by molar-refractivity contribution is 0.0433. The van der Waals surface area contributed by atoms with Crippen LogP contribution >= 0.6 is 0 Å². The zero-order valence-corrected chi connectivity index (χ0v) is 17.5. The molecule has 0 radical (unpaired) electrons. The first-order valence-corrected chi connectivity index (χ1v) is 10.4.